The van der Waals surface area contributed by atoms with Gasteiger partial charge in [-0.3, -0.25) is 4.79 Å². The highest BCUT2D eigenvalue weighted by Gasteiger charge is 2.12. The molecule has 0 aliphatic heterocycles. The highest BCUT2D eigenvalue weighted by Crippen LogP contribution is 2.37. The minimum atomic E-state index is -0.131. The third-order valence-corrected chi connectivity index (χ3v) is 6.08. The molecule has 0 saturated carbocycles. The predicted octanol–water partition coefficient (Wildman–Crippen LogP) is 7.47. The van der Waals surface area contributed by atoms with Crippen LogP contribution in [0.15, 0.2) is 74.1 Å². The van der Waals surface area contributed by atoms with Crippen LogP contribution in [0.1, 0.15) is 21.5 Å². The van der Waals surface area contributed by atoms with Gasteiger partial charge < -0.3 is 14.2 Å². The van der Waals surface area contributed by atoms with E-state index in [0.717, 1.165) is 24.5 Å². The molecular weight excluding hydrogens is 592 g/mol. The van der Waals surface area contributed by atoms with Crippen molar-refractivity contribution < 1.29 is 19.0 Å². The lowest BCUT2D eigenvalue weighted by Gasteiger charge is -2.14. The van der Waals surface area contributed by atoms with E-state index in [4.69, 9.17) is 14.2 Å². The minimum absolute atomic E-state index is 0.131. The molecule has 4 nitrogen and oxygen atoms in total. The van der Waals surface area contributed by atoms with Crippen LogP contribution in [0.25, 0.3) is 6.08 Å². The van der Waals surface area contributed by atoms with E-state index in [1.807, 2.05) is 42.5 Å². The number of benzene rings is 3. The van der Waals surface area contributed by atoms with Gasteiger partial charge in [0.2, 0.25) is 0 Å². The molecule has 160 valence electrons. The molecule has 0 aliphatic carbocycles. The molecule has 0 radical (unpaired) electrons. The Bertz CT molecular complexity index is 1100. The van der Waals surface area contributed by atoms with E-state index in [-0.39, 0.29) is 5.78 Å². The van der Waals surface area contributed by atoms with Crippen LogP contribution in [0.3, 0.4) is 0 Å². The van der Waals surface area contributed by atoms with E-state index in [1.165, 1.54) is 6.08 Å². The molecule has 0 heterocycles. The van der Waals surface area contributed by atoms with Crippen LogP contribution in [-0.2, 0) is 6.61 Å². The summed E-state index contributed by atoms with van der Waals surface area (Å²) in [6.07, 6.45) is 3.30. The van der Waals surface area contributed by atoms with Gasteiger partial charge in [-0.25, -0.2) is 0 Å². The SMILES string of the molecule is COc1ccc(/C=C/C(=O)c2ccccc2OC)cc1COc1c(Br)cc(Br)cc1Br. The third kappa shape index (κ3) is 5.99. The van der Waals surface area contributed by atoms with Crippen molar-refractivity contribution in [3.05, 3.63) is 90.8 Å². The quantitative estimate of drug-likeness (QED) is 0.196. The summed E-state index contributed by atoms with van der Waals surface area (Å²) in [5, 5.41) is 0. The van der Waals surface area contributed by atoms with Gasteiger partial charge in [0, 0.05) is 10.0 Å². The van der Waals surface area contributed by atoms with Crippen molar-refractivity contribution in [2.24, 2.45) is 0 Å². The number of hydrogen-bond acceptors (Lipinski definition) is 4. The van der Waals surface area contributed by atoms with Crippen LogP contribution < -0.4 is 14.2 Å². The first-order chi connectivity index (χ1) is 14.9. The first kappa shape index (κ1) is 23.6. The average Bonchev–Trinajstić information content (AvgIpc) is 2.76. The van der Waals surface area contributed by atoms with Gasteiger partial charge in [-0.05, 0) is 79.9 Å². The molecule has 0 saturated heterocycles. The number of ketones is 1. The summed E-state index contributed by atoms with van der Waals surface area (Å²) in [5.74, 6) is 1.82. The summed E-state index contributed by atoms with van der Waals surface area (Å²) >= 11 is 10.5. The zero-order chi connectivity index (χ0) is 22.4. The van der Waals surface area contributed by atoms with Gasteiger partial charge in [0.25, 0.3) is 0 Å². The number of methoxy groups -OCH3 is 2. The zero-order valence-corrected chi connectivity index (χ0v) is 21.6. The second-order valence-electron chi connectivity index (χ2n) is 6.46. The number of rotatable bonds is 8. The predicted molar refractivity (Wildman–Crippen MR) is 133 cm³/mol. The van der Waals surface area contributed by atoms with Gasteiger partial charge in [0.15, 0.2) is 5.78 Å². The van der Waals surface area contributed by atoms with E-state index in [0.29, 0.717) is 29.4 Å². The number of para-hydroxylation sites is 1. The first-order valence-corrected chi connectivity index (χ1v) is 11.6. The molecule has 0 bridgehead atoms. The number of halogens is 3. The topological polar surface area (TPSA) is 44.8 Å². The molecule has 0 aliphatic rings. The van der Waals surface area contributed by atoms with Gasteiger partial charge in [-0.15, -0.1) is 0 Å². The van der Waals surface area contributed by atoms with Crippen molar-refractivity contribution in [2.75, 3.05) is 14.2 Å². The first-order valence-electron chi connectivity index (χ1n) is 9.22. The Balaban J connectivity index is 1.81. The Hall–Kier alpha value is -2.09. The third-order valence-electron chi connectivity index (χ3n) is 4.44. The Kier molecular flexibility index (Phi) is 8.35. The Morgan fingerprint density at radius 2 is 1.58 bits per heavy atom. The number of allylic oxidation sites excluding steroid dienone is 1. The van der Waals surface area contributed by atoms with Gasteiger partial charge in [0.05, 0.1) is 28.7 Å². The number of ether oxygens (including phenoxy) is 3. The Labute approximate surface area is 206 Å². The maximum absolute atomic E-state index is 12.6. The van der Waals surface area contributed by atoms with Gasteiger partial charge in [0.1, 0.15) is 23.9 Å². The Morgan fingerprint density at radius 1 is 0.903 bits per heavy atom. The summed E-state index contributed by atoms with van der Waals surface area (Å²) in [6, 6.07) is 16.7. The second kappa shape index (κ2) is 11.0. The monoisotopic (exact) mass is 608 g/mol. The molecule has 0 amide bonds. The van der Waals surface area contributed by atoms with Crippen LogP contribution in [0, 0.1) is 0 Å². The van der Waals surface area contributed by atoms with E-state index in [2.05, 4.69) is 47.8 Å². The molecule has 0 atom stereocenters. The summed E-state index contributed by atoms with van der Waals surface area (Å²) in [5.41, 5.74) is 2.23. The summed E-state index contributed by atoms with van der Waals surface area (Å²) in [4.78, 5) is 12.6. The second-order valence-corrected chi connectivity index (χ2v) is 9.08. The largest absolute Gasteiger partial charge is 0.496 e. The fraction of sp³-hybridized carbons (Fsp3) is 0.125. The summed E-state index contributed by atoms with van der Waals surface area (Å²) in [7, 11) is 3.17. The smallest absolute Gasteiger partial charge is 0.189 e. The molecule has 7 heteroatoms. The van der Waals surface area contributed by atoms with Crippen LogP contribution in [-0.4, -0.2) is 20.0 Å². The molecule has 0 unspecified atom stereocenters. The number of carbonyl (C=O) groups is 1. The van der Waals surface area contributed by atoms with Crippen LogP contribution >= 0.6 is 47.8 Å². The lowest BCUT2D eigenvalue weighted by atomic mass is 10.1. The number of carbonyl (C=O) groups excluding carboxylic acids is 1. The molecule has 0 N–H and O–H groups in total. The normalized spacial score (nSPS) is 10.9. The van der Waals surface area contributed by atoms with Crippen molar-refractivity contribution in [1.82, 2.24) is 0 Å². The van der Waals surface area contributed by atoms with Crippen molar-refractivity contribution in [3.8, 4) is 17.2 Å². The molecule has 0 spiro atoms. The van der Waals surface area contributed by atoms with Crippen molar-refractivity contribution in [3.63, 3.8) is 0 Å². The standard InChI is InChI=1S/C24H19Br3O4/c1-29-22-10-8-15(7-9-21(28)18-5-3-4-6-23(18)30-2)11-16(22)14-31-24-19(26)12-17(25)13-20(24)27/h3-13H,14H2,1-2H3/b9-7+. The lowest BCUT2D eigenvalue weighted by molar-refractivity contribution is 0.104. The van der Waals surface area contributed by atoms with Crippen molar-refractivity contribution in [2.45, 2.75) is 6.61 Å². The minimum Gasteiger partial charge on any atom is -0.496 e. The van der Waals surface area contributed by atoms with E-state index < -0.39 is 0 Å². The zero-order valence-electron chi connectivity index (χ0n) is 16.8. The summed E-state index contributed by atoms with van der Waals surface area (Å²) < 4.78 is 19.4. The van der Waals surface area contributed by atoms with Crippen LogP contribution in [0.5, 0.6) is 17.2 Å². The fourth-order valence-electron chi connectivity index (χ4n) is 2.94. The highest BCUT2D eigenvalue weighted by atomic mass is 79.9. The van der Waals surface area contributed by atoms with E-state index in [1.54, 1.807) is 32.4 Å². The fourth-order valence-corrected chi connectivity index (χ4v) is 5.43. The van der Waals surface area contributed by atoms with Gasteiger partial charge in [-0.2, -0.15) is 0 Å². The van der Waals surface area contributed by atoms with E-state index in [9.17, 15) is 4.79 Å². The molecule has 3 aromatic rings. The molecule has 31 heavy (non-hydrogen) atoms. The number of hydrogen-bond donors (Lipinski definition) is 0. The van der Waals surface area contributed by atoms with Crippen molar-refractivity contribution in [1.29, 1.82) is 0 Å². The maximum atomic E-state index is 12.6. The summed E-state index contributed by atoms with van der Waals surface area (Å²) in [6.45, 7) is 0.296. The molecule has 3 rings (SSSR count). The molecular formula is C24H19Br3O4. The lowest BCUT2D eigenvalue weighted by Crippen LogP contribution is -2.01. The molecule has 0 fully saturated rings. The van der Waals surface area contributed by atoms with Gasteiger partial charge in [-0.1, -0.05) is 40.2 Å². The van der Waals surface area contributed by atoms with Gasteiger partial charge >= 0.3 is 0 Å². The highest BCUT2D eigenvalue weighted by molar-refractivity contribution is 9.11. The molecule has 3 aromatic carbocycles. The maximum Gasteiger partial charge on any atom is 0.189 e. The van der Waals surface area contributed by atoms with Crippen LogP contribution in [0.2, 0.25) is 0 Å². The van der Waals surface area contributed by atoms with Crippen LogP contribution in [0.4, 0.5) is 0 Å². The average molecular weight is 611 g/mol. The van der Waals surface area contributed by atoms with E-state index >= 15 is 0 Å². The Morgan fingerprint density at radius 3 is 2.26 bits per heavy atom. The van der Waals surface area contributed by atoms with Crippen molar-refractivity contribution >= 4 is 59.6 Å². The molecule has 0 aromatic heterocycles.